The van der Waals surface area contributed by atoms with Gasteiger partial charge in [0.05, 0.1) is 19.0 Å². The van der Waals surface area contributed by atoms with E-state index in [1.165, 1.54) is 13.3 Å². The number of halogens is 2. The minimum Gasteiger partial charge on any atom is -0.494 e. The molecule has 0 amide bonds. The zero-order valence-corrected chi connectivity index (χ0v) is 10.3. The minimum atomic E-state index is -0.597. The van der Waals surface area contributed by atoms with Gasteiger partial charge in [-0.05, 0) is 6.07 Å². The van der Waals surface area contributed by atoms with Gasteiger partial charge >= 0.3 is 0 Å². The second-order valence-corrected chi connectivity index (χ2v) is 4.50. The lowest BCUT2D eigenvalue weighted by atomic mass is 10.0. The molecule has 1 saturated heterocycles. The molecule has 6 heteroatoms. The minimum absolute atomic E-state index is 0.107. The number of benzene rings is 1. The number of nitrogens with zero attached hydrogens (tertiary/aromatic N) is 1. The van der Waals surface area contributed by atoms with E-state index in [9.17, 15) is 8.78 Å². The monoisotopic (exact) mass is 265 g/mol. The Bertz CT molecular complexity index is 608. The third kappa shape index (κ3) is 2.08. The Morgan fingerprint density at radius 3 is 2.68 bits per heavy atom. The molecule has 1 fully saturated rings. The summed E-state index contributed by atoms with van der Waals surface area (Å²) >= 11 is 0. The highest BCUT2D eigenvalue weighted by molar-refractivity contribution is 5.61. The van der Waals surface area contributed by atoms with E-state index in [0.717, 1.165) is 31.0 Å². The van der Waals surface area contributed by atoms with Gasteiger partial charge in [0.1, 0.15) is 11.6 Å². The molecular weight excluding hydrogens is 252 g/mol. The van der Waals surface area contributed by atoms with Crippen LogP contribution in [0.3, 0.4) is 0 Å². The molecule has 0 unspecified atom stereocenters. The summed E-state index contributed by atoms with van der Waals surface area (Å²) in [7, 11) is 1.30. The van der Waals surface area contributed by atoms with Gasteiger partial charge in [-0.3, -0.25) is 0 Å². The number of imidazole rings is 1. The number of rotatable bonds is 3. The summed E-state index contributed by atoms with van der Waals surface area (Å²) in [6.07, 6.45) is 1.53. The standard InChI is InChI=1S/C13H13F2N3O/c1-19-12-3-9(14)8(2-10(12)15)11-6-17-13(18-11)7-4-16-5-7/h2-3,6-7,16H,4-5H2,1H3,(H,17,18). The number of methoxy groups -OCH3 is 1. The molecule has 2 heterocycles. The second kappa shape index (κ2) is 4.62. The van der Waals surface area contributed by atoms with E-state index in [1.54, 1.807) is 0 Å². The van der Waals surface area contributed by atoms with Crippen LogP contribution in [0.4, 0.5) is 8.78 Å². The van der Waals surface area contributed by atoms with Crippen molar-refractivity contribution in [3.8, 4) is 17.0 Å². The van der Waals surface area contributed by atoms with Gasteiger partial charge in [0, 0.05) is 30.6 Å². The van der Waals surface area contributed by atoms with Gasteiger partial charge in [-0.1, -0.05) is 0 Å². The Labute approximate surface area is 108 Å². The number of aromatic amines is 1. The molecule has 0 atom stereocenters. The largest absolute Gasteiger partial charge is 0.494 e. The summed E-state index contributed by atoms with van der Waals surface area (Å²) in [6, 6.07) is 2.15. The first-order valence-electron chi connectivity index (χ1n) is 5.98. The van der Waals surface area contributed by atoms with Crippen molar-refractivity contribution in [1.29, 1.82) is 0 Å². The molecule has 3 rings (SSSR count). The molecule has 1 aliphatic heterocycles. The van der Waals surface area contributed by atoms with Crippen LogP contribution in [0.25, 0.3) is 11.3 Å². The van der Waals surface area contributed by atoms with Crippen molar-refractivity contribution in [2.45, 2.75) is 5.92 Å². The Morgan fingerprint density at radius 1 is 1.26 bits per heavy atom. The first-order chi connectivity index (χ1) is 9.19. The van der Waals surface area contributed by atoms with Gasteiger partial charge in [0.25, 0.3) is 0 Å². The van der Waals surface area contributed by atoms with Gasteiger partial charge < -0.3 is 15.0 Å². The summed E-state index contributed by atoms with van der Waals surface area (Å²) in [5.41, 5.74) is 0.630. The Kier molecular flexibility index (Phi) is 2.94. The van der Waals surface area contributed by atoms with Gasteiger partial charge in [-0.2, -0.15) is 0 Å². The highest BCUT2D eigenvalue weighted by Gasteiger charge is 2.22. The molecule has 100 valence electrons. The first kappa shape index (κ1) is 12.1. The van der Waals surface area contributed by atoms with E-state index >= 15 is 0 Å². The maximum Gasteiger partial charge on any atom is 0.165 e. The number of hydrogen-bond acceptors (Lipinski definition) is 3. The maximum atomic E-state index is 13.9. The number of nitrogens with one attached hydrogen (secondary N) is 2. The molecule has 0 aliphatic carbocycles. The second-order valence-electron chi connectivity index (χ2n) is 4.50. The van der Waals surface area contributed by atoms with Crippen molar-refractivity contribution in [2.24, 2.45) is 0 Å². The molecular formula is C13H13F2N3O. The average molecular weight is 265 g/mol. The van der Waals surface area contributed by atoms with Crippen molar-refractivity contribution < 1.29 is 13.5 Å². The molecule has 0 spiro atoms. The van der Waals surface area contributed by atoms with E-state index in [0.29, 0.717) is 11.6 Å². The smallest absolute Gasteiger partial charge is 0.165 e. The molecule has 0 radical (unpaired) electrons. The van der Waals surface area contributed by atoms with E-state index < -0.39 is 11.6 Å². The topological polar surface area (TPSA) is 49.9 Å². The van der Waals surface area contributed by atoms with Crippen LogP contribution in [0.15, 0.2) is 18.3 Å². The Hall–Kier alpha value is -1.95. The van der Waals surface area contributed by atoms with Crippen molar-refractivity contribution in [1.82, 2.24) is 15.3 Å². The summed E-state index contributed by atoms with van der Waals surface area (Å²) in [5.74, 6) is -0.131. The Morgan fingerprint density at radius 2 is 2.05 bits per heavy atom. The zero-order chi connectivity index (χ0) is 13.4. The van der Waals surface area contributed by atoms with Crippen LogP contribution in [0, 0.1) is 11.6 Å². The van der Waals surface area contributed by atoms with Crippen LogP contribution in [0.2, 0.25) is 0 Å². The van der Waals surface area contributed by atoms with Crippen molar-refractivity contribution in [3.05, 3.63) is 35.8 Å². The van der Waals surface area contributed by atoms with Crippen molar-refractivity contribution >= 4 is 0 Å². The molecule has 2 N–H and O–H groups in total. The summed E-state index contributed by atoms with van der Waals surface area (Å²) < 4.78 is 32.3. The fraction of sp³-hybridized carbons (Fsp3) is 0.308. The SMILES string of the molecule is COc1cc(F)c(-c2cnc(C3CNC3)[nH]2)cc1F. The van der Waals surface area contributed by atoms with Gasteiger partial charge in [0.2, 0.25) is 0 Å². The van der Waals surface area contributed by atoms with Crippen molar-refractivity contribution in [2.75, 3.05) is 20.2 Å². The number of ether oxygens (including phenoxy) is 1. The maximum absolute atomic E-state index is 13.9. The number of H-pyrrole nitrogens is 1. The highest BCUT2D eigenvalue weighted by Crippen LogP contribution is 2.29. The zero-order valence-electron chi connectivity index (χ0n) is 10.3. The average Bonchev–Trinajstić information content (AvgIpc) is 2.78. The molecule has 1 aromatic heterocycles. The van der Waals surface area contributed by atoms with Gasteiger partial charge in [-0.15, -0.1) is 0 Å². The lowest BCUT2D eigenvalue weighted by molar-refractivity contribution is 0.383. The van der Waals surface area contributed by atoms with Crippen LogP contribution >= 0.6 is 0 Å². The summed E-state index contributed by atoms with van der Waals surface area (Å²) in [5, 5.41) is 3.13. The van der Waals surface area contributed by atoms with Crippen LogP contribution in [0.5, 0.6) is 5.75 Å². The van der Waals surface area contributed by atoms with Gasteiger partial charge in [0.15, 0.2) is 11.6 Å². The van der Waals surface area contributed by atoms with E-state index in [2.05, 4.69) is 15.3 Å². The fourth-order valence-corrected chi connectivity index (χ4v) is 2.05. The van der Waals surface area contributed by atoms with Gasteiger partial charge in [-0.25, -0.2) is 13.8 Å². The Balaban J connectivity index is 1.97. The molecule has 0 saturated carbocycles. The molecule has 4 nitrogen and oxygen atoms in total. The van der Waals surface area contributed by atoms with Crippen LogP contribution in [-0.4, -0.2) is 30.2 Å². The quantitative estimate of drug-likeness (QED) is 0.893. The summed E-state index contributed by atoms with van der Waals surface area (Å²) in [4.78, 5) is 7.25. The fourth-order valence-electron chi connectivity index (χ4n) is 2.05. The molecule has 19 heavy (non-hydrogen) atoms. The molecule has 0 bridgehead atoms. The predicted molar refractivity (Wildman–Crippen MR) is 66.1 cm³/mol. The number of hydrogen-bond donors (Lipinski definition) is 2. The van der Waals surface area contributed by atoms with Crippen molar-refractivity contribution in [3.63, 3.8) is 0 Å². The summed E-state index contributed by atoms with van der Waals surface area (Å²) in [6.45, 7) is 1.71. The van der Waals surface area contributed by atoms with Crippen LogP contribution in [-0.2, 0) is 0 Å². The first-order valence-corrected chi connectivity index (χ1v) is 5.98. The predicted octanol–water partition coefficient (Wildman–Crippen LogP) is 2.05. The van der Waals surface area contributed by atoms with Crippen LogP contribution < -0.4 is 10.1 Å². The van der Waals surface area contributed by atoms with E-state index in [-0.39, 0.29) is 11.3 Å². The molecule has 1 aliphatic rings. The van der Waals surface area contributed by atoms with E-state index in [4.69, 9.17) is 4.74 Å². The molecule has 1 aromatic carbocycles. The number of aromatic nitrogens is 2. The lowest BCUT2D eigenvalue weighted by Gasteiger charge is -2.24. The highest BCUT2D eigenvalue weighted by atomic mass is 19.1. The van der Waals surface area contributed by atoms with Crippen LogP contribution in [0.1, 0.15) is 11.7 Å². The lowest BCUT2D eigenvalue weighted by Crippen LogP contribution is -2.40. The molecule has 2 aromatic rings. The van der Waals surface area contributed by atoms with E-state index in [1.807, 2.05) is 0 Å². The third-order valence-electron chi connectivity index (χ3n) is 3.30. The third-order valence-corrected chi connectivity index (χ3v) is 3.30. The normalized spacial score (nSPS) is 15.3.